The third-order valence-corrected chi connectivity index (χ3v) is 6.79. The van der Waals surface area contributed by atoms with Crippen molar-refractivity contribution < 1.29 is 8.78 Å². The minimum Gasteiger partial charge on any atom is -0.329 e. The van der Waals surface area contributed by atoms with E-state index in [4.69, 9.17) is 5.73 Å². The molecule has 0 aliphatic heterocycles. The van der Waals surface area contributed by atoms with Crippen LogP contribution in [0.5, 0.6) is 0 Å². The fourth-order valence-corrected chi connectivity index (χ4v) is 5.14. The molecule has 2 aliphatic rings. The molecule has 2 fully saturated rings. The minimum atomic E-state index is -2.62. The summed E-state index contributed by atoms with van der Waals surface area (Å²) in [5, 5.41) is 3.78. The highest BCUT2D eigenvalue weighted by Crippen LogP contribution is 2.43. The van der Waals surface area contributed by atoms with Crippen LogP contribution in [0.1, 0.15) is 42.2 Å². The number of hydrogen-bond acceptors (Lipinski definition) is 5. The van der Waals surface area contributed by atoms with E-state index < -0.39 is 5.92 Å². The fraction of sp³-hybridized carbons (Fsp3) is 0.667. The highest BCUT2D eigenvalue weighted by atomic mass is 32.1. The number of nitrogens with one attached hydrogen (secondary N) is 1. The third kappa shape index (κ3) is 3.36. The van der Waals surface area contributed by atoms with Gasteiger partial charge in [0.2, 0.25) is 5.92 Å². The average Bonchev–Trinajstić information content (AvgIpc) is 3.34. The first-order valence-electron chi connectivity index (χ1n) is 9.38. The molecule has 3 N–H and O–H groups in total. The lowest BCUT2D eigenvalue weighted by molar-refractivity contribution is -0.114. The van der Waals surface area contributed by atoms with Gasteiger partial charge >= 0.3 is 5.69 Å². The molecule has 9 heteroatoms. The Kier molecular flexibility index (Phi) is 4.72. The van der Waals surface area contributed by atoms with Gasteiger partial charge in [-0.25, -0.2) is 13.6 Å². The lowest BCUT2D eigenvalue weighted by atomic mass is 9.81. The van der Waals surface area contributed by atoms with Crippen molar-refractivity contribution in [2.24, 2.45) is 11.7 Å². The number of fused-ring (bicyclic) bond motifs is 1. The van der Waals surface area contributed by atoms with Crippen LogP contribution in [0.4, 0.5) is 8.78 Å². The van der Waals surface area contributed by atoms with Gasteiger partial charge in [0, 0.05) is 49.9 Å². The van der Waals surface area contributed by atoms with E-state index in [9.17, 15) is 18.4 Å². The van der Waals surface area contributed by atoms with Crippen LogP contribution in [0.15, 0.2) is 9.59 Å². The smallest absolute Gasteiger partial charge is 0.329 e. The zero-order valence-electron chi connectivity index (χ0n) is 15.3. The van der Waals surface area contributed by atoms with E-state index in [0.717, 1.165) is 23.3 Å². The monoisotopic (exact) mass is 398 g/mol. The molecule has 0 aromatic carbocycles. The first-order valence-corrected chi connectivity index (χ1v) is 10.2. The number of thiophene rings is 1. The van der Waals surface area contributed by atoms with Crippen LogP contribution in [0.2, 0.25) is 0 Å². The lowest BCUT2D eigenvalue weighted by Gasteiger charge is -2.35. The molecule has 6 nitrogen and oxygen atoms in total. The van der Waals surface area contributed by atoms with Gasteiger partial charge in [-0.05, 0) is 31.2 Å². The van der Waals surface area contributed by atoms with Gasteiger partial charge in [0.1, 0.15) is 4.83 Å². The summed E-state index contributed by atoms with van der Waals surface area (Å²) in [6.07, 6.45) is 1.24. The van der Waals surface area contributed by atoms with E-state index in [1.807, 2.05) is 6.92 Å². The van der Waals surface area contributed by atoms with E-state index in [-0.39, 0.29) is 42.6 Å². The second-order valence-electron chi connectivity index (χ2n) is 7.73. The fourth-order valence-electron chi connectivity index (χ4n) is 3.87. The number of aromatic nitrogens is 2. The molecule has 2 heterocycles. The van der Waals surface area contributed by atoms with Gasteiger partial charge in [-0.15, -0.1) is 11.3 Å². The van der Waals surface area contributed by atoms with Crippen LogP contribution in [0, 0.1) is 12.8 Å². The van der Waals surface area contributed by atoms with Crippen LogP contribution in [0.3, 0.4) is 0 Å². The molecule has 0 spiro atoms. The summed E-state index contributed by atoms with van der Waals surface area (Å²) in [6.45, 7) is 3.88. The highest BCUT2D eigenvalue weighted by Gasteiger charge is 2.45. The predicted octanol–water partition coefficient (Wildman–Crippen LogP) is 1.96. The topological polar surface area (TPSA) is 82.1 Å². The van der Waals surface area contributed by atoms with E-state index in [0.29, 0.717) is 29.9 Å². The molecule has 4 rings (SSSR count). The van der Waals surface area contributed by atoms with Crippen LogP contribution >= 0.6 is 11.3 Å². The van der Waals surface area contributed by atoms with Gasteiger partial charge in [0.25, 0.3) is 5.56 Å². The van der Waals surface area contributed by atoms with Gasteiger partial charge < -0.3 is 11.1 Å². The van der Waals surface area contributed by atoms with Crippen LogP contribution in [-0.4, -0.2) is 28.1 Å². The maximum atomic E-state index is 13.3. The van der Waals surface area contributed by atoms with Crippen molar-refractivity contribution in [2.45, 2.75) is 57.7 Å². The molecule has 2 aliphatic carbocycles. The summed E-state index contributed by atoms with van der Waals surface area (Å²) in [7, 11) is 0. The summed E-state index contributed by atoms with van der Waals surface area (Å²) >= 11 is 1.41. The summed E-state index contributed by atoms with van der Waals surface area (Å²) in [6, 6.07) is -0.0541. The number of nitrogens with two attached hydrogens (primary N) is 1. The number of aryl methyl sites for hydroxylation is 1. The Hall–Kier alpha value is -1.58. The average molecular weight is 398 g/mol. The summed E-state index contributed by atoms with van der Waals surface area (Å²) in [5.74, 6) is -2.85. The van der Waals surface area contributed by atoms with Crippen molar-refractivity contribution >= 4 is 21.6 Å². The molecule has 0 atom stereocenters. The Morgan fingerprint density at radius 2 is 2.00 bits per heavy atom. The van der Waals surface area contributed by atoms with Gasteiger partial charge in [-0.2, -0.15) is 0 Å². The number of hydrogen-bond donors (Lipinski definition) is 2. The van der Waals surface area contributed by atoms with E-state index >= 15 is 0 Å². The van der Waals surface area contributed by atoms with E-state index in [1.54, 1.807) is 4.57 Å². The second kappa shape index (κ2) is 6.79. The van der Waals surface area contributed by atoms with Crippen LogP contribution in [0.25, 0.3) is 10.2 Å². The molecule has 2 aromatic rings. The molecule has 27 heavy (non-hydrogen) atoms. The third-order valence-electron chi connectivity index (χ3n) is 5.48. The predicted molar refractivity (Wildman–Crippen MR) is 102 cm³/mol. The Bertz CT molecular complexity index is 982. The number of halogens is 2. The maximum absolute atomic E-state index is 13.3. The molecule has 0 amide bonds. The van der Waals surface area contributed by atoms with Crippen molar-refractivity contribution in [1.82, 2.24) is 14.5 Å². The molecule has 2 saturated carbocycles. The van der Waals surface area contributed by atoms with E-state index in [1.165, 1.54) is 15.9 Å². The SMILES string of the molecule is Cc1c(CNCCN)sc2c1c(=O)n(C1CC1)c(=O)n2CC1CC(F)(F)C1. The minimum absolute atomic E-state index is 0.0541. The van der Waals surface area contributed by atoms with Crippen molar-refractivity contribution in [2.75, 3.05) is 13.1 Å². The molecule has 148 valence electrons. The maximum Gasteiger partial charge on any atom is 0.332 e. The van der Waals surface area contributed by atoms with Crippen LogP contribution in [-0.2, 0) is 13.1 Å². The lowest BCUT2D eigenvalue weighted by Crippen LogP contribution is -2.44. The Labute approximate surface area is 159 Å². The van der Waals surface area contributed by atoms with Crippen molar-refractivity contribution in [3.05, 3.63) is 31.3 Å². The van der Waals surface area contributed by atoms with Crippen molar-refractivity contribution in [3.63, 3.8) is 0 Å². The van der Waals surface area contributed by atoms with Crippen molar-refractivity contribution in [3.8, 4) is 0 Å². The Balaban J connectivity index is 1.80. The molecule has 0 saturated heterocycles. The summed E-state index contributed by atoms with van der Waals surface area (Å²) in [4.78, 5) is 27.6. The molecule has 0 unspecified atom stereocenters. The largest absolute Gasteiger partial charge is 0.332 e. The zero-order valence-corrected chi connectivity index (χ0v) is 16.1. The molecular weight excluding hydrogens is 374 g/mol. The molecule has 0 bridgehead atoms. The normalized spacial score (nSPS) is 19.6. The van der Waals surface area contributed by atoms with Crippen molar-refractivity contribution in [1.29, 1.82) is 0 Å². The second-order valence-corrected chi connectivity index (χ2v) is 8.81. The van der Waals surface area contributed by atoms with Crippen LogP contribution < -0.4 is 22.3 Å². The Morgan fingerprint density at radius 3 is 2.59 bits per heavy atom. The van der Waals surface area contributed by atoms with Gasteiger partial charge in [0.05, 0.1) is 5.39 Å². The van der Waals surface area contributed by atoms with Gasteiger partial charge in [0.15, 0.2) is 0 Å². The number of alkyl halides is 2. The molecular formula is C18H24F2N4O2S. The Morgan fingerprint density at radius 1 is 1.30 bits per heavy atom. The number of nitrogens with zero attached hydrogens (tertiary/aromatic N) is 2. The summed E-state index contributed by atoms with van der Waals surface area (Å²) in [5.41, 5.74) is 5.78. The summed E-state index contributed by atoms with van der Waals surface area (Å²) < 4.78 is 29.5. The molecule has 2 aromatic heterocycles. The van der Waals surface area contributed by atoms with Gasteiger partial charge in [-0.3, -0.25) is 13.9 Å². The number of rotatable bonds is 7. The quantitative estimate of drug-likeness (QED) is 0.699. The van der Waals surface area contributed by atoms with E-state index in [2.05, 4.69) is 5.32 Å². The standard InChI is InChI=1S/C18H24F2N4O2S/c1-10-13(8-22-5-4-21)27-16-14(10)15(25)24(12-2-3-12)17(26)23(16)9-11-6-18(19,20)7-11/h11-12,22H,2-9,21H2,1H3. The first-order chi connectivity index (χ1) is 12.8. The molecule has 0 radical (unpaired) electrons. The zero-order chi connectivity index (χ0) is 19.3. The van der Waals surface area contributed by atoms with Gasteiger partial charge in [-0.1, -0.05) is 0 Å². The first kappa shape index (κ1) is 18.8. The highest BCUT2D eigenvalue weighted by molar-refractivity contribution is 7.18.